The molecular weight excluding hydrogens is 310 g/mol. The summed E-state index contributed by atoms with van der Waals surface area (Å²) in [5, 5.41) is 34.6. The van der Waals surface area contributed by atoms with E-state index in [0.717, 1.165) is 12.8 Å². The summed E-state index contributed by atoms with van der Waals surface area (Å²) >= 11 is 0. The Kier molecular flexibility index (Phi) is 4.00. The number of nitrogens with one attached hydrogen (secondary N) is 1. The highest BCUT2D eigenvalue weighted by Gasteiger charge is 2.44. The fourth-order valence-electron chi connectivity index (χ4n) is 3.19. The lowest BCUT2D eigenvalue weighted by molar-refractivity contribution is -0.432. The molecule has 2 aliphatic rings. The van der Waals surface area contributed by atoms with Gasteiger partial charge in [0.25, 0.3) is 5.70 Å². The van der Waals surface area contributed by atoms with Gasteiger partial charge in [-0.3, -0.25) is 10.1 Å². The van der Waals surface area contributed by atoms with E-state index in [0.29, 0.717) is 24.5 Å². The summed E-state index contributed by atoms with van der Waals surface area (Å²) in [5.41, 5.74) is 6.37. The molecule has 0 amide bonds. The summed E-state index contributed by atoms with van der Waals surface area (Å²) in [6.45, 7) is 1.09. The summed E-state index contributed by atoms with van der Waals surface area (Å²) in [7, 11) is 0. The molecule has 0 radical (unpaired) electrons. The molecule has 124 valence electrons. The average molecular weight is 327 g/mol. The number of allylic oxidation sites excluding steroid dienone is 1. The van der Waals surface area contributed by atoms with E-state index in [4.69, 9.17) is 5.73 Å². The quantitative estimate of drug-likeness (QED) is 0.552. The molecule has 0 aromatic heterocycles. The third kappa shape index (κ3) is 2.40. The third-order valence-corrected chi connectivity index (χ3v) is 4.31. The predicted octanol–water partition coefficient (Wildman–Crippen LogP) is 1.31. The number of phenolic OH excluding ortho intramolecular Hbond substituents is 1. The van der Waals surface area contributed by atoms with Crippen LogP contribution in [0.3, 0.4) is 0 Å². The number of phenols is 1. The van der Waals surface area contributed by atoms with Gasteiger partial charge in [0.2, 0.25) is 0 Å². The molecule has 2 aliphatic heterocycles. The van der Waals surface area contributed by atoms with Crippen molar-refractivity contribution in [1.29, 1.82) is 5.26 Å². The van der Waals surface area contributed by atoms with E-state index in [2.05, 4.69) is 5.32 Å². The van der Waals surface area contributed by atoms with Crippen molar-refractivity contribution < 1.29 is 10.0 Å². The Hall–Kier alpha value is -3.21. The van der Waals surface area contributed by atoms with Gasteiger partial charge in [-0.1, -0.05) is 18.2 Å². The SMILES string of the molecule is N#CC1=C(N)N2CCCCNC2=C([N+](=O)[O-])C1c1ccccc1O. The topological polar surface area (TPSA) is 128 Å². The first-order valence-electron chi connectivity index (χ1n) is 7.64. The van der Waals surface area contributed by atoms with Crippen molar-refractivity contribution >= 4 is 0 Å². The largest absolute Gasteiger partial charge is 0.508 e. The highest BCUT2D eigenvalue weighted by atomic mass is 16.6. The maximum absolute atomic E-state index is 11.8. The van der Waals surface area contributed by atoms with Crippen LogP contribution in [-0.4, -0.2) is 28.0 Å². The van der Waals surface area contributed by atoms with Crippen LogP contribution in [0.5, 0.6) is 5.75 Å². The van der Waals surface area contributed by atoms with Crippen molar-refractivity contribution in [3.8, 4) is 11.8 Å². The first-order chi connectivity index (χ1) is 11.6. The number of para-hydroxylation sites is 1. The molecule has 1 fully saturated rings. The van der Waals surface area contributed by atoms with Gasteiger partial charge in [0, 0.05) is 18.7 Å². The number of hydrogen-bond acceptors (Lipinski definition) is 7. The van der Waals surface area contributed by atoms with E-state index < -0.39 is 10.8 Å². The molecule has 1 atom stereocenters. The average Bonchev–Trinajstić information content (AvgIpc) is 2.81. The van der Waals surface area contributed by atoms with E-state index in [9.17, 15) is 20.5 Å². The number of hydrogen-bond donors (Lipinski definition) is 3. The van der Waals surface area contributed by atoms with Crippen LogP contribution >= 0.6 is 0 Å². The highest BCUT2D eigenvalue weighted by molar-refractivity contribution is 5.52. The van der Waals surface area contributed by atoms with Crippen molar-refractivity contribution in [2.75, 3.05) is 13.1 Å². The van der Waals surface area contributed by atoms with Gasteiger partial charge in [-0.05, 0) is 18.9 Å². The zero-order valence-corrected chi connectivity index (χ0v) is 12.9. The van der Waals surface area contributed by atoms with Crippen LogP contribution in [0.4, 0.5) is 0 Å². The molecule has 3 rings (SSSR count). The molecule has 8 nitrogen and oxygen atoms in total. The monoisotopic (exact) mass is 327 g/mol. The van der Waals surface area contributed by atoms with Crippen molar-refractivity contribution in [1.82, 2.24) is 10.2 Å². The zero-order valence-electron chi connectivity index (χ0n) is 12.9. The van der Waals surface area contributed by atoms with Gasteiger partial charge in [0.05, 0.1) is 16.6 Å². The second-order valence-electron chi connectivity index (χ2n) is 5.68. The summed E-state index contributed by atoms with van der Waals surface area (Å²) in [6, 6.07) is 8.30. The minimum absolute atomic E-state index is 0.0793. The molecule has 8 heteroatoms. The molecule has 0 aliphatic carbocycles. The van der Waals surface area contributed by atoms with Crippen LogP contribution in [0, 0.1) is 21.4 Å². The predicted molar refractivity (Wildman–Crippen MR) is 85.6 cm³/mol. The number of nitriles is 1. The molecule has 1 aromatic carbocycles. The molecule has 0 saturated carbocycles. The molecule has 1 aromatic rings. The maximum Gasteiger partial charge on any atom is 0.299 e. The van der Waals surface area contributed by atoms with Crippen LogP contribution in [0.15, 0.2) is 47.2 Å². The number of benzene rings is 1. The number of fused-ring (bicyclic) bond motifs is 1. The molecular formula is C16H17N5O3. The first kappa shape index (κ1) is 15.7. The van der Waals surface area contributed by atoms with Gasteiger partial charge in [-0.15, -0.1) is 0 Å². The van der Waals surface area contributed by atoms with Crippen molar-refractivity contribution in [3.05, 3.63) is 62.9 Å². The van der Waals surface area contributed by atoms with Gasteiger partial charge < -0.3 is 21.1 Å². The Morgan fingerprint density at radius 1 is 1.42 bits per heavy atom. The van der Waals surface area contributed by atoms with Crippen LogP contribution in [0.1, 0.15) is 24.3 Å². The third-order valence-electron chi connectivity index (χ3n) is 4.31. The van der Waals surface area contributed by atoms with E-state index in [1.807, 2.05) is 6.07 Å². The van der Waals surface area contributed by atoms with Crippen molar-refractivity contribution in [2.24, 2.45) is 5.73 Å². The minimum atomic E-state index is -1.01. The summed E-state index contributed by atoms with van der Waals surface area (Å²) in [5.74, 6) is -0.615. The normalized spacial score (nSPS) is 20.8. The molecule has 2 heterocycles. The minimum Gasteiger partial charge on any atom is -0.508 e. The molecule has 4 N–H and O–H groups in total. The lowest BCUT2D eigenvalue weighted by Gasteiger charge is -2.33. The van der Waals surface area contributed by atoms with Gasteiger partial charge in [0.1, 0.15) is 17.5 Å². The maximum atomic E-state index is 11.8. The number of nitrogens with two attached hydrogens (primary N) is 1. The Labute approximate surface area is 138 Å². The van der Waals surface area contributed by atoms with Gasteiger partial charge in [0.15, 0.2) is 5.82 Å². The van der Waals surface area contributed by atoms with E-state index in [-0.39, 0.29) is 22.8 Å². The number of nitrogens with zero attached hydrogens (tertiary/aromatic N) is 3. The molecule has 24 heavy (non-hydrogen) atoms. The molecule has 0 spiro atoms. The number of rotatable bonds is 2. The molecule has 1 unspecified atom stereocenters. The van der Waals surface area contributed by atoms with E-state index >= 15 is 0 Å². The second kappa shape index (κ2) is 6.12. The van der Waals surface area contributed by atoms with Crippen LogP contribution < -0.4 is 11.1 Å². The van der Waals surface area contributed by atoms with Gasteiger partial charge in [-0.25, -0.2) is 0 Å². The standard InChI is InChI=1S/C16H17N5O3/c17-9-11-13(10-5-1-2-6-12(10)22)14(21(23)24)16-19-7-3-4-8-20(16)15(11)18/h1-2,5-6,13,19,22H,3-4,7-8,18H2. The zero-order chi connectivity index (χ0) is 17.3. The van der Waals surface area contributed by atoms with Crippen LogP contribution in [0.25, 0.3) is 0 Å². The lowest BCUT2D eigenvalue weighted by Crippen LogP contribution is -2.41. The van der Waals surface area contributed by atoms with Crippen molar-refractivity contribution in [3.63, 3.8) is 0 Å². The molecule has 0 bridgehead atoms. The smallest absolute Gasteiger partial charge is 0.299 e. The summed E-state index contributed by atoms with van der Waals surface area (Å²) < 4.78 is 0. The second-order valence-corrected chi connectivity index (χ2v) is 5.68. The number of aromatic hydroxyl groups is 1. The Morgan fingerprint density at radius 3 is 2.83 bits per heavy atom. The fraction of sp³-hybridized carbons (Fsp3) is 0.312. The van der Waals surface area contributed by atoms with Crippen LogP contribution in [-0.2, 0) is 0 Å². The Morgan fingerprint density at radius 2 is 2.17 bits per heavy atom. The van der Waals surface area contributed by atoms with Gasteiger partial charge in [-0.2, -0.15) is 5.26 Å². The van der Waals surface area contributed by atoms with Gasteiger partial charge >= 0.3 is 0 Å². The Bertz CT molecular complexity index is 793. The fourth-order valence-corrected chi connectivity index (χ4v) is 3.19. The Balaban J connectivity index is 2.27. The van der Waals surface area contributed by atoms with Crippen molar-refractivity contribution in [2.45, 2.75) is 18.8 Å². The summed E-state index contributed by atoms with van der Waals surface area (Å²) in [4.78, 5) is 12.9. The molecule has 1 saturated heterocycles. The highest BCUT2D eigenvalue weighted by Crippen LogP contribution is 2.43. The number of nitro groups is 1. The van der Waals surface area contributed by atoms with E-state index in [1.54, 1.807) is 23.1 Å². The lowest BCUT2D eigenvalue weighted by atomic mass is 9.85. The summed E-state index contributed by atoms with van der Waals surface area (Å²) in [6.07, 6.45) is 1.66. The van der Waals surface area contributed by atoms with E-state index in [1.165, 1.54) is 6.07 Å². The first-order valence-corrected chi connectivity index (χ1v) is 7.64. The van der Waals surface area contributed by atoms with Crippen LogP contribution in [0.2, 0.25) is 0 Å².